The number of hydrogen-bond donors (Lipinski definition) is 1. The first kappa shape index (κ1) is 26.3. The zero-order valence-electron chi connectivity index (χ0n) is 19.8. The van der Waals surface area contributed by atoms with E-state index in [-0.39, 0.29) is 40.5 Å². The van der Waals surface area contributed by atoms with Crippen molar-refractivity contribution in [3.05, 3.63) is 35.4 Å². The first-order valence-corrected chi connectivity index (χ1v) is 13.1. The number of halogens is 2. The number of rotatable bonds is 10. The Balaban J connectivity index is 1.76. The smallest absolute Gasteiger partial charge is 0.245 e. The lowest BCUT2D eigenvalue weighted by Crippen LogP contribution is -2.33. The van der Waals surface area contributed by atoms with E-state index in [2.05, 4.69) is 34.9 Å². The fraction of sp³-hybridized carbons (Fsp3) is 0.500. The molecule has 0 spiro atoms. The predicted molar refractivity (Wildman–Crippen MR) is 130 cm³/mol. The van der Waals surface area contributed by atoms with E-state index in [0.29, 0.717) is 23.7 Å². The minimum Gasteiger partial charge on any atom is -0.479 e. The Bertz CT molecular complexity index is 1300. The van der Waals surface area contributed by atoms with E-state index in [4.69, 9.17) is 37.4 Å². The van der Waals surface area contributed by atoms with Crippen molar-refractivity contribution < 1.29 is 22.6 Å². The molecule has 1 fully saturated rings. The Morgan fingerprint density at radius 3 is 2.19 bits per heavy atom. The minimum absolute atomic E-state index is 0.0158. The molecule has 1 aliphatic carbocycles. The first-order valence-electron chi connectivity index (χ1n) is 10.7. The molecule has 0 saturated heterocycles. The molecule has 13 nitrogen and oxygen atoms in total. The van der Waals surface area contributed by atoms with Crippen molar-refractivity contribution in [2.24, 2.45) is 0 Å². The molecule has 1 aliphatic rings. The molecule has 3 aromatic heterocycles. The van der Waals surface area contributed by atoms with Crippen LogP contribution in [0.1, 0.15) is 43.4 Å². The van der Waals surface area contributed by atoms with E-state index in [0.717, 1.165) is 0 Å². The Kier molecular flexibility index (Phi) is 7.78. The summed E-state index contributed by atoms with van der Waals surface area (Å²) in [6.07, 6.45) is 4.28. The molecule has 0 amide bonds. The molecule has 1 N–H and O–H groups in total. The van der Waals surface area contributed by atoms with Crippen molar-refractivity contribution in [3.63, 3.8) is 0 Å². The maximum Gasteiger partial charge on any atom is 0.245 e. The molecular formula is C20H24Cl2N8O5S. The molecule has 3 heterocycles. The highest BCUT2D eigenvalue weighted by Gasteiger charge is 2.38. The molecule has 36 heavy (non-hydrogen) atoms. The zero-order valence-corrected chi connectivity index (χ0v) is 22.1. The van der Waals surface area contributed by atoms with E-state index in [1.807, 2.05) is 0 Å². The van der Waals surface area contributed by atoms with Crippen molar-refractivity contribution in [2.45, 2.75) is 42.4 Å². The summed E-state index contributed by atoms with van der Waals surface area (Å²) >= 11 is 12.1. The van der Waals surface area contributed by atoms with Gasteiger partial charge < -0.3 is 14.2 Å². The summed E-state index contributed by atoms with van der Waals surface area (Å²) in [7, 11) is 0.0928. The Morgan fingerprint density at radius 1 is 1.06 bits per heavy atom. The quantitative estimate of drug-likeness (QED) is 0.364. The zero-order chi connectivity index (χ0) is 26.0. The van der Waals surface area contributed by atoms with E-state index in [1.165, 1.54) is 51.5 Å². The summed E-state index contributed by atoms with van der Waals surface area (Å²) in [5, 5.41) is 7.56. The highest BCUT2D eigenvalue weighted by atomic mass is 35.5. The normalized spacial score (nSPS) is 19.3. The number of nitrogens with one attached hydrogen (secondary N) is 1. The van der Waals surface area contributed by atoms with Crippen LogP contribution in [0.5, 0.6) is 11.8 Å². The summed E-state index contributed by atoms with van der Waals surface area (Å²) in [5.74, 6) is 0.731. The molecule has 4 rings (SSSR count). The van der Waals surface area contributed by atoms with Gasteiger partial charge in [0.05, 0.1) is 19.2 Å². The van der Waals surface area contributed by atoms with Crippen LogP contribution in [0.3, 0.4) is 0 Å². The topological polar surface area (TPSA) is 156 Å². The van der Waals surface area contributed by atoms with Gasteiger partial charge in [-0.25, -0.2) is 18.4 Å². The standard InChI is InChI=1S/C20H24Cl2N8O5S/c1-10(15(33-2)16-23-7-13(22)8-24-16)36(31,32)29-20-28-27-17(11-5-12(21)6-11)30(20)14-18(34-3)25-9-26-19(14)35-4/h7-12,15H,5-6H2,1-4H3,(H,28,29)/t10-,11?,12?,15-/m0/s1. The van der Waals surface area contributed by atoms with E-state index in [1.54, 1.807) is 0 Å². The molecule has 16 heteroatoms. The number of methoxy groups -OCH3 is 3. The number of sulfonamides is 1. The Morgan fingerprint density at radius 2 is 1.67 bits per heavy atom. The van der Waals surface area contributed by atoms with Gasteiger partial charge in [-0.2, -0.15) is 9.97 Å². The summed E-state index contributed by atoms with van der Waals surface area (Å²) in [6.45, 7) is 1.47. The van der Waals surface area contributed by atoms with Crippen LogP contribution in [-0.4, -0.2) is 75.1 Å². The van der Waals surface area contributed by atoms with Gasteiger partial charge in [0, 0.05) is 30.8 Å². The van der Waals surface area contributed by atoms with Crippen molar-refractivity contribution in [3.8, 4) is 17.4 Å². The molecule has 0 bridgehead atoms. The second-order valence-corrected chi connectivity index (χ2v) is 11.1. The number of anilines is 1. The number of hydrogen-bond acceptors (Lipinski definition) is 11. The SMILES string of the molecule is COc1ncnc(OC)c1-n1c(NS(=O)(=O)[C@@H](C)[C@H](OC)c2ncc(Cl)cn2)nnc1C1CC(Cl)C1. The lowest BCUT2D eigenvalue weighted by molar-refractivity contribution is 0.0950. The van der Waals surface area contributed by atoms with Gasteiger partial charge in [-0.05, 0) is 19.8 Å². The first-order chi connectivity index (χ1) is 17.2. The predicted octanol–water partition coefficient (Wildman–Crippen LogP) is 2.52. The molecular weight excluding hydrogens is 535 g/mol. The van der Waals surface area contributed by atoms with Gasteiger partial charge in [0.2, 0.25) is 27.7 Å². The molecule has 2 atom stereocenters. The molecule has 1 saturated carbocycles. The molecule has 0 aromatic carbocycles. The van der Waals surface area contributed by atoms with Crippen LogP contribution in [0.15, 0.2) is 18.7 Å². The number of alkyl halides is 1. The molecule has 0 unspecified atom stereocenters. The van der Waals surface area contributed by atoms with Crippen LogP contribution in [0.4, 0.5) is 5.95 Å². The molecule has 3 aromatic rings. The fourth-order valence-corrected chi connectivity index (χ4v) is 5.46. The van der Waals surface area contributed by atoms with Crippen LogP contribution < -0.4 is 14.2 Å². The number of nitrogens with zero attached hydrogens (tertiary/aromatic N) is 7. The van der Waals surface area contributed by atoms with Crippen LogP contribution in [-0.2, 0) is 14.8 Å². The minimum atomic E-state index is -4.12. The van der Waals surface area contributed by atoms with Crippen molar-refractivity contribution in [1.29, 1.82) is 0 Å². The summed E-state index contributed by atoms with van der Waals surface area (Å²) in [4.78, 5) is 16.5. The maximum atomic E-state index is 13.5. The molecule has 0 aliphatic heterocycles. The second kappa shape index (κ2) is 10.7. The van der Waals surface area contributed by atoms with Gasteiger partial charge in [0.1, 0.15) is 23.5 Å². The van der Waals surface area contributed by atoms with Crippen LogP contribution in [0.25, 0.3) is 5.69 Å². The monoisotopic (exact) mass is 558 g/mol. The third kappa shape index (κ3) is 5.03. The Hall–Kier alpha value is -2.81. The van der Waals surface area contributed by atoms with E-state index < -0.39 is 21.4 Å². The van der Waals surface area contributed by atoms with Gasteiger partial charge in [0.15, 0.2) is 11.5 Å². The maximum absolute atomic E-state index is 13.5. The lowest BCUT2D eigenvalue weighted by atomic mass is 9.84. The van der Waals surface area contributed by atoms with E-state index in [9.17, 15) is 8.42 Å². The van der Waals surface area contributed by atoms with Gasteiger partial charge in [-0.1, -0.05) is 11.6 Å². The third-order valence-corrected chi connectivity index (χ3v) is 8.04. The third-order valence-electron chi connectivity index (χ3n) is 5.80. The number of aromatic nitrogens is 7. The summed E-state index contributed by atoms with van der Waals surface area (Å²) in [5.41, 5.74) is 0.246. The van der Waals surface area contributed by atoms with E-state index >= 15 is 0 Å². The van der Waals surface area contributed by atoms with Crippen molar-refractivity contribution in [1.82, 2.24) is 34.7 Å². The highest BCUT2D eigenvalue weighted by molar-refractivity contribution is 7.93. The Labute approximate surface area is 217 Å². The highest BCUT2D eigenvalue weighted by Crippen LogP contribution is 2.43. The van der Waals surface area contributed by atoms with Gasteiger partial charge >= 0.3 is 0 Å². The summed E-state index contributed by atoms with van der Waals surface area (Å²) < 4.78 is 47.2. The van der Waals surface area contributed by atoms with Gasteiger partial charge in [-0.15, -0.1) is 21.8 Å². The van der Waals surface area contributed by atoms with Crippen molar-refractivity contribution >= 4 is 39.2 Å². The lowest BCUT2D eigenvalue weighted by Gasteiger charge is -2.30. The fourth-order valence-electron chi connectivity index (χ4n) is 3.80. The average Bonchev–Trinajstić information content (AvgIpc) is 3.24. The van der Waals surface area contributed by atoms with Crippen LogP contribution in [0.2, 0.25) is 5.02 Å². The second-order valence-electron chi connectivity index (χ2n) is 7.99. The molecule has 194 valence electrons. The van der Waals surface area contributed by atoms with Gasteiger partial charge in [0.25, 0.3) is 0 Å². The average molecular weight is 559 g/mol. The van der Waals surface area contributed by atoms with Crippen LogP contribution in [0, 0.1) is 0 Å². The largest absolute Gasteiger partial charge is 0.479 e. The van der Waals surface area contributed by atoms with Crippen LogP contribution >= 0.6 is 23.2 Å². The van der Waals surface area contributed by atoms with Gasteiger partial charge in [-0.3, -0.25) is 9.29 Å². The number of ether oxygens (including phenoxy) is 3. The molecule has 0 radical (unpaired) electrons. The summed E-state index contributed by atoms with van der Waals surface area (Å²) in [6, 6.07) is 0. The van der Waals surface area contributed by atoms with Crippen molar-refractivity contribution in [2.75, 3.05) is 26.1 Å².